The number of nitrogens with two attached hydrogens (primary N) is 1. The summed E-state index contributed by atoms with van der Waals surface area (Å²) in [5.74, 6) is 0. The van der Waals surface area contributed by atoms with Crippen LogP contribution in [0.1, 0.15) is 40.0 Å². The first-order chi connectivity index (χ1) is 7.35. The third-order valence-electron chi connectivity index (χ3n) is 3.23. The first-order valence-electron chi connectivity index (χ1n) is 5.87. The molecular weight excluding hydrogens is 217 g/mol. The maximum atomic E-state index is 12.5. The third-order valence-corrected chi connectivity index (χ3v) is 3.23. The number of hydrogen-bond acceptors (Lipinski definition) is 2. The topological polar surface area (TPSA) is 29.3 Å². The molecule has 0 aliphatic carbocycles. The van der Waals surface area contributed by atoms with E-state index >= 15 is 0 Å². The van der Waals surface area contributed by atoms with Crippen molar-refractivity contribution in [3.63, 3.8) is 0 Å². The smallest absolute Gasteiger partial charge is 0.329 e. The van der Waals surface area contributed by atoms with E-state index in [1.165, 1.54) is 4.90 Å². The summed E-state index contributed by atoms with van der Waals surface area (Å²) in [6, 6.07) is 0. The Hall–Kier alpha value is -0.290. The van der Waals surface area contributed by atoms with Crippen LogP contribution in [0.2, 0.25) is 0 Å². The van der Waals surface area contributed by atoms with Crippen molar-refractivity contribution in [3.05, 3.63) is 0 Å². The molecule has 0 aromatic carbocycles. The molecule has 2 nitrogen and oxygen atoms in total. The number of nitrogens with zero attached hydrogens (tertiary/aromatic N) is 1. The maximum absolute atomic E-state index is 12.5. The predicted octanol–water partition coefficient (Wildman–Crippen LogP) is 2.78. The Labute approximate surface area is 96.0 Å². The minimum atomic E-state index is -4.15. The Morgan fingerprint density at radius 3 is 1.81 bits per heavy atom. The first-order valence-corrected chi connectivity index (χ1v) is 5.87. The predicted molar refractivity (Wildman–Crippen MR) is 60.3 cm³/mol. The van der Waals surface area contributed by atoms with Crippen molar-refractivity contribution in [1.29, 1.82) is 0 Å². The lowest BCUT2D eigenvalue weighted by Crippen LogP contribution is -2.56. The number of hydrogen-bond donors (Lipinski definition) is 1. The lowest BCUT2D eigenvalue weighted by atomic mass is 9.90. The third kappa shape index (κ3) is 4.29. The molecule has 0 spiro atoms. The van der Waals surface area contributed by atoms with Crippen LogP contribution in [-0.2, 0) is 0 Å². The van der Waals surface area contributed by atoms with Crippen LogP contribution < -0.4 is 5.73 Å². The Bertz CT molecular complexity index is 180. The second-order valence-corrected chi connectivity index (χ2v) is 4.17. The molecule has 0 radical (unpaired) electrons. The minimum absolute atomic E-state index is 0.274. The van der Waals surface area contributed by atoms with Gasteiger partial charge in [-0.3, -0.25) is 4.90 Å². The number of rotatable bonds is 7. The van der Waals surface area contributed by atoms with Gasteiger partial charge in [0.15, 0.2) is 0 Å². The van der Waals surface area contributed by atoms with Gasteiger partial charge in [-0.1, -0.05) is 20.8 Å². The molecule has 0 saturated carbocycles. The zero-order valence-electron chi connectivity index (χ0n) is 10.4. The fraction of sp³-hybridized carbons (Fsp3) is 1.00. The van der Waals surface area contributed by atoms with E-state index in [-0.39, 0.29) is 6.54 Å². The van der Waals surface area contributed by atoms with Gasteiger partial charge < -0.3 is 5.73 Å². The molecule has 0 atom stereocenters. The van der Waals surface area contributed by atoms with Gasteiger partial charge in [0.25, 0.3) is 0 Å². The SMILES string of the molecule is CCCN(CC(F)(F)F)C(CC)(CC)CN. The summed E-state index contributed by atoms with van der Waals surface area (Å²) in [6.45, 7) is 5.54. The Balaban J connectivity index is 4.84. The highest BCUT2D eigenvalue weighted by molar-refractivity contribution is 4.90. The quantitative estimate of drug-likeness (QED) is 0.741. The van der Waals surface area contributed by atoms with Gasteiger partial charge in [0.2, 0.25) is 0 Å². The van der Waals surface area contributed by atoms with Gasteiger partial charge in [-0.15, -0.1) is 0 Å². The summed E-state index contributed by atoms with van der Waals surface area (Å²) in [4.78, 5) is 1.49. The second kappa shape index (κ2) is 6.45. The molecule has 0 bridgehead atoms. The number of alkyl halides is 3. The Morgan fingerprint density at radius 1 is 1.06 bits per heavy atom. The average Bonchev–Trinajstić information content (AvgIpc) is 2.19. The molecule has 0 heterocycles. The molecule has 0 fully saturated rings. The van der Waals surface area contributed by atoms with E-state index in [1.54, 1.807) is 0 Å². The molecule has 0 unspecified atom stereocenters. The monoisotopic (exact) mass is 240 g/mol. The first kappa shape index (κ1) is 15.7. The zero-order chi connectivity index (χ0) is 12.8. The van der Waals surface area contributed by atoms with Crippen molar-refractivity contribution in [3.8, 4) is 0 Å². The van der Waals surface area contributed by atoms with Gasteiger partial charge >= 0.3 is 6.18 Å². The summed E-state index contributed by atoms with van der Waals surface area (Å²) in [5.41, 5.74) is 5.16. The average molecular weight is 240 g/mol. The second-order valence-electron chi connectivity index (χ2n) is 4.17. The van der Waals surface area contributed by atoms with Gasteiger partial charge in [-0.2, -0.15) is 13.2 Å². The van der Waals surface area contributed by atoms with E-state index in [9.17, 15) is 13.2 Å². The molecule has 16 heavy (non-hydrogen) atoms. The number of halogens is 3. The van der Waals surface area contributed by atoms with Crippen LogP contribution in [0.25, 0.3) is 0 Å². The van der Waals surface area contributed by atoms with E-state index in [0.29, 0.717) is 25.8 Å². The molecule has 0 aliphatic heterocycles. The molecule has 0 rings (SSSR count). The van der Waals surface area contributed by atoms with Crippen molar-refractivity contribution >= 4 is 0 Å². The van der Waals surface area contributed by atoms with Crippen LogP contribution >= 0.6 is 0 Å². The van der Waals surface area contributed by atoms with Crippen molar-refractivity contribution < 1.29 is 13.2 Å². The standard InChI is InChI=1S/C11H23F3N2/c1-4-7-16(9-11(12,13)14)10(5-2,6-3)8-15/h4-9,15H2,1-3H3. The van der Waals surface area contributed by atoms with E-state index < -0.39 is 18.3 Å². The fourth-order valence-electron chi connectivity index (χ4n) is 2.09. The Morgan fingerprint density at radius 2 is 1.56 bits per heavy atom. The van der Waals surface area contributed by atoms with Gasteiger partial charge in [-0.25, -0.2) is 0 Å². The van der Waals surface area contributed by atoms with Crippen LogP contribution in [0.5, 0.6) is 0 Å². The summed E-state index contributed by atoms with van der Waals surface area (Å²) >= 11 is 0. The highest BCUT2D eigenvalue weighted by Crippen LogP contribution is 2.27. The summed E-state index contributed by atoms with van der Waals surface area (Å²) < 4.78 is 37.5. The van der Waals surface area contributed by atoms with Crippen molar-refractivity contribution in [1.82, 2.24) is 4.90 Å². The van der Waals surface area contributed by atoms with Crippen molar-refractivity contribution in [2.24, 2.45) is 5.73 Å². The van der Waals surface area contributed by atoms with Crippen LogP contribution in [0.4, 0.5) is 13.2 Å². The molecule has 5 heteroatoms. The lowest BCUT2D eigenvalue weighted by Gasteiger charge is -2.42. The van der Waals surface area contributed by atoms with Crippen LogP contribution in [-0.4, -0.2) is 36.2 Å². The van der Waals surface area contributed by atoms with Gasteiger partial charge in [0.1, 0.15) is 0 Å². The van der Waals surface area contributed by atoms with E-state index in [1.807, 2.05) is 20.8 Å². The van der Waals surface area contributed by atoms with Crippen LogP contribution in [0.3, 0.4) is 0 Å². The van der Waals surface area contributed by atoms with Crippen LogP contribution in [0, 0.1) is 0 Å². The summed E-state index contributed by atoms with van der Waals surface area (Å²) in [6.07, 6.45) is -2.15. The van der Waals surface area contributed by atoms with E-state index in [2.05, 4.69) is 0 Å². The molecule has 0 aromatic rings. The van der Waals surface area contributed by atoms with E-state index in [0.717, 1.165) is 0 Å². The largest absolute Gasteiger partial charge is 0.401 e. The summed E-state index contributed by atoms with van der Waals surface area (Å²) in [7, 11) is 0. The highest BCUT2D eigenvalue weighted by Gasteiger charge is 2.39. The van der Waals surface area contributed by atoms with E-state index in [4.69, 9.17) is 5.73 Å². The summed E-state index contributed by atoms with van der Waals surface area (Å²) in [5, 5.41) is 0. The highest BCUT2D eigenvalue weighted by atomic mass is 19.4. The molecule has 2 N–H and O–H groups in total. The molecular formula is C11H23F3N2. The molecule has 98 valence electrons. The minimum Gasteiger partial charge on any atom is -0.329 e. The molecule has 0 amide bonds. The van der Waals surface area contributed by atoms with Gasteiger partial charge in [0, 0.05) is 12.1 Å². The molecule has 0 saturated heterocycles. The maximum Gasteiger partial charge on any atom is 0.401 e. The molecule has 0 aromatic heterocycles. The van der Waals surface area contributed by atoms with Crippen LogP contribution in [0.15, 0.2) is 0 Å². The van der Waals surface area contributed by atoms with Crippen molar-refractivity contribution in [2.75, 3.05) is 19.6 Å². The van der Waals surface area contributed by atoms with Crippen molar-refractivity contribution in [2.45, 2.75) is 51.7 Å². The lowest BCUT2D eigenvalue weighted by molar-refractivity contribution is -0.159. The normalized spacial score (nSPS) is 13.5. The van der Waals surface area contributed by atoms with Gasteiger partial charge in [0.05, 0.1) is 6.54 Å². The zero-order valence-corrected chi connectivity index (χ0v) is 10.4. The van der Waals surface area contributed by atoms with Gasteiger partial charge in [-0.05, 0) is 25.8 Å². The Kier molecular flexibility index (Phi) is 6.33. The fourth-order valence-corrected chi connectivity index (χ4v) is 2.09. The molecule has 0 aliphatic rings.